The molecule has 0 bridgehead atoms. The number of aliphatic hydroxyl groups is 1. The maximum absolute atomic E-state index is 10.8. The molecule has 2 N–H and O–H groups in total. The van der Waals surface area contributed by atoms with Crippen molar-refractivity contribution in [3.8, 4) is 0 Å². The van der Waals surface area contributed by atoms with Gasteiger partial charge in [-0.2, -0.15) is 20.5 Å². The van der Waals surface area contributed by atoms with Crippen LogP contribution in [0.2, 0.25) is 0 Å². The van der Waals surface area contributed by atoms with Crippen molar-refractivity contribution in [1.82, 2.24) is 30.1 Å². The predicted octanol–water partition coefficient (Wildman–Crippen LogP) is 0.330. The number of aryl methyl sites for hydroxylation is 1. The van der Waals surface area contributed by atoms with Gasteiger partial charge in [0.1, 0.15) is 11.3 Å². The zero-order chi connectivity index (χ0) is 14.2. The summed E-state index contributed by atoms with van der Waals surface area (Å²) in [6.07, 6.45) is 5.18. The fraction of sp³-hybridized carbons (Fsp3) is 0.615. The summed E-state index contributed by atoms with van der Waals surface area (Å²) in [7, 11) is 1.95. The maximum Gasteiger partial charge on any atom is 0.123 e. The van der Waals surface area contributed by atoms with Crippen LogP contribution in [-0.2, 0) is 19.2 Å². The number of likely N-dealkylation sites (tertiary alicyclic amines) is 1. The molecule has 1 unspecified atom stereocenters. The zero-order valence-corrected chi connectivity index (χ0v) is 11.9. The summed E-state index contributed by atoms with van der Waals surface area (Å²) in [4.78, 5) is 2.25. The summed E-state index contributed by atoms with van der Waals surface area (Å²) in [5.74, 6) is 0. The molecular formula is C13H20N6O. The number of hydrogen-bond acceptors (Lipinski definition) is 5. The van der Waals surface area contributed by atoms with Crippen molar-refractivity contribution in [2.24, 2.45) is 7.05 Å². The van der Waals surface area contributed by atoms with Crippen molar-refractivity contribution < 1.29 is 5.11 Å². The third kappa shape index (κ3) is 2.34. The van der Waals surface area contributed by atoms with Crippen molar-refractivity contribution in [3.63, 3.8) is 0 Å². The van der Waals surface area contributed by atoms with Gasteiger partial charge in [-0.05, 0) is 26.3 Å². The van der Waals surface area contributed by atoms with Crippen molar-refractivity contribution in [2.75, 3.05) is 13.1 Å². The molecule has 3 rings (SSSR count). The van der Waals surface area contributed by atoms with Gasteiger partial charge >= 0.3 is 0 Å². The molecule has 0 saturated carbocycles. The van der Waals surface area contributed by atoms with E-state index in [-0.39, 0.29) is 0 Å². The fourth-order valence-corrected chi connectivity index (χ4v) is 2.83. The average molecular weight is 276 g/mol. The minimum atomic E-state index is -0.901. The molecule has 0 aromatic carbocycles. The summed E-state index contributed by atoms with van der Waals surface area (Å²) in [5.41, 5.74) is 2.10. The molecule has 0 amide bonds. The Labute approximate surface area is 117 Å². The Morgan fingerprint density at radius 1 is 1.45 bits per heavy atom. The number of aromatic amines is 1. The minimum absolute atomic E-state index is 0.577. The Bertz CT molecular complexity index is 578. The van der Waals surface area contributed by atoms with E-state index in [0.29, 0.717) is 12.2 Å². The maximum atomic E-state index is 10.8. The molecule has 7 nitrogen and oxygen atoms in total. The molecule has 1 fully saturated rings. The van der Waals surface area contributed by atoms with Crippen molar-refractivity contribution >= 4 is 0 Å². The van der Waals surface area contributed by atoms with Crippen LogP contribution in [0.5, 0.6) is 0 Å². The van der Waals surface area contributed by atoms with Gasteiger partial charge in [0.25, 0.3) is 0 Å². The van der Waals surface area contributed by atoms with Crippen LogP contribution in [0.15, 0.2) is 12.4 Å². The van der Waals surface area contributed by atoms with Gasteiger partial charge in [-0.1, -0.05) is 0 Å². The number of rotatable bonds is 3. The second-order valence-electron chi connectivity index (χ2n) is 5.58. The number of β-amino-alcohol motifs (C(OH)–C–C–N with tert-alkyl or cyclic N) is 1. The lowest BCUT2D eigenvalue weighted by atomic mass is 9.90. The Morgan fingerprint density at radius 3 is 2.95 bits per heavy atom. The molecule has 3 heterocycles. The molecule has 1 aliphatic heterocycles. The Morgan fingerprint density at radius 2 is 2.30 bits per heavy atom. The van der Waals surface area contributed by atoms with Gasteiger partial charge in [0.05, 0.1) is 12.4 Å². The van der Waals surface area contributed by atoms with Gasteiger partial charge in [-0.15, -0.1) is 0 Å². The highest BCUT2D eigenvalue weighted by atomic mass is 16.3. The molecule has 108 valence electrons. The van der Waals surface area contributed by atoms with E-state index in [9.17, 15) is 5.11 Å². The van der Waals surface area contributed by atoms with Crippen LogP contribution in [0.4, 0.5) is 0 Å². The molecule has 0 spiro atoms. The summed E-state index contributed by atoms with van der Waals surface area (Å²) >= 11 is 0. The number of H-pyrrole nitrogens is 1. The lowest BCUT2D eigenvalue weighted by Crippen LogP contribution is -2.46. The van der Waals surface area contributed by atoms with Gasteiger partial charge < -0.3 is 5.11 Å². The highest BCUT2D eigenvalue weighted by molar-refractivity contribution is 5.16. The SMILES string of the molecule is Cc1c(CN2CCCC(O)(c3cn[nH]n3)C2)cnn1C. The number of piperidine rings is 1. The van der Waals surface area contributed by atoms with Crippen LogP contribution in [-0.4, -0.2) is 48.3 Å². The van der Waals surface area contributed by atoms with Gasteiger partial charge in [0.2, 0.25) is 0 Å². The van der Waals surface area contributed by atoms with E-state index in [0.717, 1.165) is 25.9 Å². The van der Waals surface area contributed by atoms with Gasteiger partial charge in [0.15, 0.2) is 0 Å². The topological polar surface area (TPSA) is 82.9 Å². The van der Waals surface area contributed by atoms with Crippen molar-refractivity contribution in [1.29, 1.82) is 0 Å². The van der Waals surface area contributed by atoms with Gasteiger partial charge in [-0.3, -0.25) is 9.58 Å². The average Bonchev–Trinajstić information content (AvgIpc) is 3.05. The van der Waals surface area contributed by atoms with Crippen LogP contribution < -0.4 is 0 Å². The standard InChI is InChI=1S/C13H20N6O/c1-10-11(6-15-18(10)2)8-19-5-3-4-13(20,9-19)12-7-14-17-16-12/h6-7,20H,3-5,8-9H2,1-2H3,(H,14,16,17). The normalized spacial score (nSPS) is 24.1. The number of nitrogens with one attached hydrogen (secondary N) is 1. The van der Waals surface area contributed by atoms with Gasteiger partial charge in [0, 0.05) is 31.4 Å². The van der Waals surface area contributed by atoms with E-state index >= 15 is 0 Å². The molecule has 20 heavy (non-hydrogen) atoms. The molecule has 0 radical (unpaired) electrons. The minimum Gasteiger partial charge on any atom is -0.382 e. The summed E-state index contributed by atoms with van der Waals surface area (Å²) in [6.45, 7) is 4.43. The second kappa shape index (κ2) is 4.99. The van der Waals surface area contributed by atoms with Crippen molar-refractivity contribution in [2.45, 2.75) is 31.9 Å². The summed E-state index contributed by atoms with van der Waals surface area (Å²) < 4.78 is 1.88. The van der Waals surface area contributed by atoms with Crippen LogP contribution in [0.3, 0.4) is 0 Å². The lowest BCUT2D eigenvalue weighted by molar-refractivity contribution is -0.0414. The lowest BCUT2D eigenvalue weighted by Gasteiger charge is -2.37. The van der Waals surface area contributed by atoms with Crippen LogP contribution in [0.25, 0.3) is 0 Å². The predicted molar refractivity (Wildman–Crippen MR) is 72.7 cm³/mol. The van der Waals surface area contributed by atoms with E-state index in [1.54, 1.807) is 6.20 Å². The highest BCUT2D eigenvalue weighted by Crippen LogP contribution is 2.30. The molecule has 7 heteroatoms. The summed E-state index contributed by atoms with van der Waals surface area (Å²) in [6, 6.07) is 0. The van der Waals surface area contributed by atoms with E-state index in [1.165, 1.54) is 11.3 Å². The van der Waals surface area contributed by atoms with Crippen LogP contribution >= 0.6 is 0 Å². The molecule has 0 aliphatic carbocycles. The van der Waals surface area contributed by atoms with E-state index in [4.69, 9.17) is 0 Å². The first-order valence-corrected chi connectivity index (χ1v) is 6.87. The monoisotopic (exact) mass is 276 g/mol. The molecule has 1 saturated heterocycles. The van der Waals surface area contributed by atoms with Crippen molar-refractivity contribution in [3.05, 3.63) is 29.3 Å². The van der Waals surface area contributed by atoms with E-state index < -0.39 is 5.60 Å². The zero-order valence-electron chi connectivity index (χ0n) is 11.9. The number of nitrogens with zero attached hydrogens (tertiary/aromatic N) is 5. The molecule has 1 atom stereocenters. The highest BCUT2D eigenvalue weighted by Gasteiger charge is 2.37. The first-order chi connectivity index (χ1) is 9.58. The molecular weight excluding hydrogens is 256 g/mol. The molecule has 2 aromatic rings. The van der Waals surface area contributed by atoms with E-state index in [2.05, 4.69) is 32.3 Å². The summed E-state index contributed by atoms with van der Waals surface area (Å²) in [5, 5.41) is 25.5. The fourth-order valence-electron chi connectivity index (χ4n) is 2.83. The molecule has 2 aromatic heterocycles. The number of hydrogen-bond donors (Lipinski definition) is 2. The Balaban J connectivity index is 1.74. The van der Waals surface area contributed by atoms with Crippen LogP contribution in [0, 0.1) is 6.92 Å². The first kappa shape index (κ1) is 13.3. The Hall–Kier alpha value is -1.73. The molecule has 1 aliphatic rings. The second-order valence-corrected chi connectivity index (χ2v) is 5.58. The van der Waals surface area contributed by atoms with Crippen LogP contribution in [0.1, 0.15) is 29.8 Å². The quantitative estimate of drug-likeness (QED) is 0.844. The smallest absolute Gasteiger partial charge is 0.123 e. The van der Waals surface area contributed by atoms with E-state index in [1.807, 2.05) is 17.9 Å². The third-order valence-corrected chi connectivity index (χ3v) is 4.17. The third-order valence-electron chi connectivity index (χ3n) is 4.17. The number of aromatic nitrogens is 5. The Kier molecular flexibility index (Phi) is 3.31. The first-order valence-electron chi connectivity index (χ1n) is 6.87. The van der Waals surface area contributed by atoms with Gasteiger partial charge in [-0.25, -0.2) is 0 Å². The largest absolute Gasteiger partial charge is 0.382 e.